The number of nitrogens with zero attached hydrogens (tertiary/aromatic N) is 3. The van der Waals surface area contributed by atoms with Gasteiger partial charge in [0.05, 0.1) is 19.0 Å². The largest absolute Gasteiger partial charge is 0.495 e. The van der Waals surface area contributed by atoms with Crippen molar-refractivity contribution in [1.29, 1.82) is 0 Å². The second-order valence-corrected chi connectivity index (χ2v) is 7.36. The van der Waals surface area contributed by atoms with Gasteiger partial charge in [-0.15, -0.1) is 0 Å². The number of hydrogen-bond acceptors (Lipinski definition) is 5. The zero-order valence-corrected chi connectivity index (χ0v) is 16.4. The highest BCUT2D eigenvalue weighted by molar-refractivity contribution is 5.59. The number of rotatable bonds is 4. The van der Waals surface area contributed by atoms with E-state index in [-0.39, 0.29) is 0 Å². The van der Waals surface area contributed by atoms with Crippen LogP contribution in [0.25, 0.3) is 0 Å². The van der Waals surface area contributed by atoms with Crippen molar-refractivity contribution in [2.75, 3.05) is 62.7 Å². The molecule has 1 unspecified atom stereocenters. The van der Waals surface area contributed by atoms with Crippen molar-refractivity contribution in [3.8, 4) is 5.75 Å². The molecule has 4 rings (SSSR count). The SMILES string of the molecule is COc1ccccc1N1CCNCC1N1CCN(c2ccccc2C)CC1. The van der Waals surface area contributed by atoms with Crippen LogP contribution < -0.4 is 19.9 Å². The van der Waals surface area contributed by atoms with E-state index < -0.39 is 0 Å². The molecule has 0 aliphatic carbocycles. The van der Waals surface area contributed by atoms with Crippen LogP contribution in [0.2, 0.25) is 0 Å². The molecule has 2 aromatic carbocycles. The minimum Gasteiger partial charge on any atom is -0.495 e. The van der Waals surface area contributed by atoms with Crippen molar-refractivity contribution in [3.05, 3.63) is 54.1 Å². The third-order valence-corrected chi connectivity index (χ3v) is 5.80. The monoisotopic (exact) mass is 366 g/mol. The Hall–Kier alpha value is -2.24. The fourth-order valence-corrected chi connectivity index (χ4v) is 4.34. The Kier molecular flexibility index (Phi) is 5.50. The van der Waals surface area contributed by atoms with E-state index in [1.807, 2.05) is 6.07 Å². The van der Waals surface area contributed by atoms with E-state index in [0.29, 0.717) is 6.17 Å². The van der Waals surface area contributed by atoms with Gasteiger partial charge in [0.15, 0.2) is 0 Å². The van der Waals surface area contributed by atoms with E-state index in [1.54, 1.807) is 7.11 Å². The van der Waals surface area contributed by atoms with Gasteiger partial charge in [-0.25, -0.2) is 0 Å². The molecule has 0 saturated carbocycles. The molecule has 2 aliphatic rings. The van der Waals surface area contributed by atoms with Crippen LogP contribution in [0, 0.1) is 6.92 Å². The summed E-state index contributed by atoms with van der Waals surface area (Å²) in [6.45, 7) is 9.50. The van der Waals surface area contributed by atoms with Crippen molar-refractivity contribution in [2.24, 2.45) is 0 Å². The van der Waals surface area contributed by atoms with Crippen molar-refractivity contribution in [2.45, 2.75) is 13.1 Å². The van der Waals surface area contributed by atoms with Crippen LogP contribution in [0.4, 0.5) is 11.4 Å². The first kappa shape index (κ1) is 18.1. The Balaban J connectivity index is 1.48. The second kappa shape index (κ2) is 8.19. The Labute approximate surface area is 162 Å². The van der Waals surface area contributed by atoms with Gasteiger partial charge in [0, 0.05) is 51.5 Å². The molecule has 2 fully saturated rings. The molecule has 5 nitrogen and oxygen atoms in total. The lowest BCUT2D eigenvalue weighted by molar-refractivity contribution is 0.164. The number of anilines is 2. The standard InChI is InChI=1S/C22H30N4O/c1-18-7-3-4-8-19(18)24-13-15-25(16-14-24)22-17-23-11-12-26(22)20-9-5-6-10-21(20)27-2/h3-10,22-23H,11-17H2,1-2H3. The summed E-state index contributed by atoms with van der Waals surface area (Å²) in [5.74, 6) is 0.961. The molecule has 1 N–H and O–H groups in total. The van der Waals surface area contributed by atoms with Crippen molar-refractivity contribution >= 4 is 11.4 Å². The average Bonchev–Trinajstić information content (AvgIpc) is 2.74. The van der Waals surface area contributed by atoms with Crippen molar-refractivity contribution in [1.82, 2.24) is 10.2 Å². The summed E-state index contributed by atoms with van der Waals surface area (Å²) in [5, 5.41) is 3.58. The first-order valence-electron chi connectivity index (χ1n) is 9.93. The molecule has 144 valence electrons. The number of ether oxygens (including phenoxy) is 1. The molecule has 2 aromatic rings. The highest BCUT2D eigenvalue weighted by Gasteiger charge is 2.31. The van der Waals surface area contributed by atoms with Gasteiger partial charge in [0.25, 0.3) is 0 Å². The maximum absolute atomic E-state index is 5.63. The molecule has 2 saturated heterocycles. The van der Waals surface area contributed by atoms with Crippen LogP contribution in [0.5, 0.6) is 5.75 Å². The number of methoxy groups -OCH3 is 1. The molecule has 2 heterocycles. The summed E-state index contributed by atoms with van der Waals surface area (Å²) in [5.41, 5.74) is 3.94. The van der Waals surface area contributed by atoms with Gasteiger partial charge in [-0.2, -0.15) is 0 Å². The number of nitrogens with one attached hydrogen (secondary N) is 1. The lowest BCUT2D eigenvalue weighted by atomic mass is 10.1. The average molecular weight is 367 g/mol. The summed E-state index contributed by atoms with van der Waals surface area (Å²) in [4.78, 5) is 7.65. The maximum atomic E-state index is 5.63. The van der Waals surface area contributed by atoms with Gasteiger partial charge in [-0.1, -0.05) is 30.3 Å². The van der Waals surface area contributed by atoms with E-state index in [0.717, 1.165) is 51.6 Å². The highest BCUT2D eigenvalue weighted by Crippen LogP contribution is 2.31. The fourth-order valence-electron chi connectivity index (χ4n) is 4.34. The van der Waals surface area contributed by atoms with E-state index in [4.69, 9.17) is 4.74 Å². The molecule has 0 spiro atoms. The number of para-hydroxylation sites is 3. The van der Waals surface area contributed by atoms with E-state index in [9.17, 15) is 0 Å². The van der Waals surface area contributed by atoms with Gasteiger partial charge in [-0.3, -0.25) is 4.90 Å². The van der Waals surface area contributed by atoms with Gasteiger partial charge < -0.3 is 19.9 Å². The van der Waals surface area contributed by atoms with Crippen LogP contribution in [-0.4, -0.2) is 64.0 Å². The maximum Gasteiger partial charge on any atom is 0.142 e. The zero-order valence-electron chi connectivity index (χ0n) is 16.4. The number of piperazine rings is 2. The molecule has 0 aromatic heterocycles. The number of aryl methyl sites for hydroxylation is 1. The third-order valence-electron chi connectivity index (χ3n) is 5.80. The van der Waals surface area contributed by atoms with Crippen LogP contribution in [0.1, 0.15) is 5.56 Å². The first-order valence-corrected chi connectivity index (χ1v) is 9.93. The quantitative estimate of drug-likeness (QED) is 0.899. The predicted molar refractivity (Wildman–Crippen MR) is 112 cm³/mol. The Morgan fingerprint density at radius 2 is 1.59 bits per heavy atom. The second-order valence-electron chi connectivity index (χ2n) is 7.36. The molecule has 0 radical (unpaired) electrons. The van der Waals surface area contributed by atoms with E-state index >= 15 is 0 Å². The molecule has 27 heavy (non-hydrogen) atoms. The fraction of sp³-hybridized carbons (Fsp3) is 0.455. The molecule has 0 amide bonds. The van der Waals surface area contributed by atoms with Gasteiger partial charge in [0.1, 0.15) is 5.75 Å². The summed E-state index contributed by atoms with van der Waals surface area (Å²) in [6.07, 6.45) is 0.370. The molecular weight excluding hydrogens is 336 g/mol. The first-order chi connectivity index (χ1) is 13.3. The molecule has 1 atom stereocenters. The Morgan fingerprint density at radius 1 is 0.889 bits per heavy atom. The summed E-state index contributed by atoms with van der Waals surface area (Å²) in [6, 6.07) is 17.1. The lowest BCUT2D eigenvalue weighted by Crippen LogP contribution is -2.63. The highest BCUT2D eigenvalue weighted by atomic mass is 16.5. The molecular formula is C22H30N4O. The van der Waals surface area contributed by atoms with Crippen LogP contribution >= 0.6 is 0 Å². The third kappa shape index (κ3) is 3.75. The minimum absolute atomic E-state index is 0.370. The van der Waals surface area contributed by atoms with Crippen molar-refractivity contribution < 1.29 is 4.74 Å². The summed E-state index contributed by atoms with van der Waals surface area (Å²) in [7, 11) is 1.76. The van der Waals surface area contributed by atoms with Gasteiger partial charge in [0.2, 0.25) is 0 Å². The topological polar surface area (TPSA) is 31.0 Å². The van der Waals surface area contributed by atoms with E-state index in [2.05, 4.69) is 69.4 Å². The number of hydrogen-bond donors (Lipinski definition) is 1. The Bertz CT molecular complexity index is 757. The lowest BCUT2D eigenvalue weighted by Gasteiger charge is -2.47. The van der Waals surface area contributed by atoms with Crippen LogP contribution in [0.3, 0.4) is 0 Å². The van der Waals surface area contributed by atoms with Gasteiger partial charge in [-0.05, 0) is 30.7 Å². The number of benzene rings is 2. The van der Waals surface area contributed by atoms with E-state index in [1.165, 1.54) is 16.9 Å². The van der Waals surface area contributed by atoms with Crippen LogP contribution in [0.15, 0.2) is 48.5 Å². The smallest absolute Gasteiger partial charge is 0.142 e. The van der Waals surface area contributed by atoms with Crippen molar-refractivity contribution in [3.63, 3.8) is 0 Å². The summed E-state index contributed by atoms with van der Waals surface area (Å²) < 4.78 is 5.63. The van der Waals surface area contributed by atoms with Crippen LogP contribution in [-0.2, 0) is 0 Å². The normalized spacial score (nSPS) is 21.3. The molecule has 0 bridgehead atoms. The van der Waals surface area contributed by atoms with Gasteiger partial charge >= 0.3 is 0 Å². The predicted octanol–water partition coefficient (Wildman–Crippen LogP) is 2.56. The molecule has 2 aliphatic heterocycles. The minimum atomic E-state index is 0.370. The Morgan fingerprint density at radius 3 is 2.33 bits per heavy atom. The summed E-state index contributed by atoms with van der Waals surface area (Å²) >= 11 is 0. The zero-order chi connectivity index (χ0) is 18.6. The molecule has 5 heteroatoms.